The van der Waals surface area contributed by atoms with Crippen LogP contribution in [-0.2, 0) is 16.0 Å². The SMILES string of the molecule is CCc1ccccc1NC(=O)CN1CCN(C(=O)CN(C)[C@H](C)c2ccc(-n3cncn3)cc2)CC1. The molecule has 0 bridgehead atoms. The predicted molar refractivity (Wildman–Crippen MR) is 140 cm³/mol. The molecular weight excluding hydrogens is 454 g/mol. The highest BCUT2D eigenvalue weighted by atomic mass is 16.2. The van der Waals surface area contributed by atoms with Crippen molar-refractivity contribution in [2.45, 2.75) is 26.3 Å². The van der Waals surface area contributed by atoms with Gasteiger partial charge in [0.2, 0.25) is 11.8 Å². The minimum atomic E-state index is -0.0147. The van der Waals surface area contributed by atoms with Crippen molar-refractivity contribution in [1.82, 2.24) is 29.5 Å². The van der Waals surface area contributed by atoms with Gasteiger partial charge in [-0.3, -0.25) is 19.4 Å². The van der Waals surface area contributed by atoms with Gasteiger partial charge in [-0.15, -0.1) is 0 Å². The zero-order chi connectivity index (χ0) is 25.5. The average molecular weight is 490 g/mol. The van der Waals surface area contributed by atoms with E-state index >= 15 is 0 Å². The van der Waals surface area contributed by atoms with Gasteiger partial charge in [-0.2, -0.15) is 5.10 Å². The van der Waals surface area contributed by atoms with Crippen molar-refractivity contribution in [3.63, 3.8) is 0 Å². The summed E-state index contributed by atoms with van der Waals surface area (Å²) in [6.07, 6.45) is 4.05. The largest absolute Gasteiger partial charge is 0.339 e. The fourth-order valence-corrected chi connectivity index (χ4v) is 4.45. The highest BCUT2D eigenvalue weighted by Gasteiger charge is 2.24. The van der Waals surface area contributed by atoms with Crippen LogP contribution in [0.2, 0.25) is 0 Å². The number of carbonyl (C=O) groups is 2. The molecule has 2 aromatic carbocycles. The Kier molecular flexibility index (Phi) is 8.45. The van der Waals surface area contributed by atoms with Gasteiger partial charge in [-0.1, -0.05) is 37.3 Å². The maximum absolute atomic E-state index is 13.0. The highest BCUT2D eigenvalue weighted by molar-refractivity contribution is 5.93. The van der Waals surface area contributed by atoms with E-state index in [1.54, 1.807) is 11.0 Å². The van der Waals surface area contributed by atoms with E-state index in [9.17, 15) is 9.59 Å². The molecule has 1 fully saturated rings. The number of aromatic nitrogens is 3. The van der Waals surface area contributed by atoms with Gasteiger partial charge in [0.25, 0.3) is 0 Å². The molecule has 9 nitrogen and oxygen atoms in total. The number of hydrogen-bond donors (Lipinski definition) is 1. The summed E-state index contributed by atoms with van der Waals surface area (Å²) >= 11 is 0. The second-order valence-corrected chi connectivity index (χ2v) is 9.24. The van der Waals surface area contributed by atoms with Crippen LogP contribution in [0.1, 0.15) is 31.0 Å². The van der Waals surface area contributed by atoms with Crippen LogP contribution in [0, 0.1) is 0 Å². The monoisotopic (exact) mass is 489 g/mol. The molecule has 2 heterocycles. The first-order valence-corrected chi connectivity index (χ1v) is 12.5. The van der Waals surface area contributed by atoms with Crippen LogP contribution in [0.3, 0.4) is 0 Å². The number of rotatable bonds is 9. The van der Waals surface area contributed by atoms with Crippen LogP contribution in [0.5, 0.6) is 0 Å². The number of carbonyl (C=O) groups excluding carboxylic acids is 2. The van der Waals surface area contributed by atoms with E-state index < -0.39 is 0 Å². The van der Waals surface area contributed by atoms with Crippen LogP contribution in [0.25, 0.3) is 5.69 Å². The molecule has 3 aromatic rings. The quantitative estimate of drug-likeness (QED) is 0.497. The van der Waals surface area contributed by atoms with Gasteiger partial charge in [0.1, 0.15) is 12.7 Å². The van der Waals surface area contributed by atoms with Gasteiger partial charge in [0.15, 0.2) is 0 Å². The van der Waals surface area contributed by atoms with Crippen molar-refractivity contribution in [3.05, 3.63) is 72.3 Å². The summed E-state index contributed by atoms with van der Waals surface area (Å²) in [5.74, 6) is 0.101. The molecule has 190 valence electrons. The molecule has 0 radical (unpaired) electrons. The third-order valence-electron chi connectivity index (χ3n) is 6.87. The smallest absolute Gasteiger partial charge is 0.238 e. The zero-order valence-electron chi connectivity index (χ0n) is 21.3. The normalized spacial score (nSPS) is 15.2. The molecule has 1 aliphatic rings. The molecule has 1 saturated heterocycles. The standard InChI is InChI=1S/C27H35N7O2/c1-4-22-7-5-6-8-25(22)30-26(35)17-32-13-15-33(16-14-32)27(36)18-31(3)21(2)23-9-11-24(12-10-23)34-20-28-19-29-34/h5-12,19-21H,4,13-18H2,1-3H3,(H,30,35)/t21-/m1/s1. The molecule has 0 spiro atoms. The summed E-state index contributed by atoms with van der Waals surface area (Å²) in [7, 11) is 1.97. The number of nitrogens with zero attached hydrogens (tertiary/aromatic N) is 6. The number of aryl methyl sites for hydroxylation is 1. The molecule has 36 heavy (non-hydrogen) atoms. The Balaban J connectivity index is 1.22. The number of likely N-dealkylation sites (N-methyl/N-ethyl adjacent to an activating group) is 1. The van der Waals surface area contributed by atoms with E-state index in [1.807, 2.05) is 48.3 Å². The second kappa shape index (κ2) is 11.9. The van der Waals surface area contributed by atoms with E-state index in [4.69, 9.17) is 0 Å². The van der Waals surface area contributed by atoms with Crippen molar-refractivity contribution >= 4 is 17.5 Å². The highest BCUT2D eigenvalue weighted by Crippen LogP contribution is 2.20. The van der Waals surface area contributed by atoms with Gasteiger partial charge < -0.3 is 10.2 Å². The molecule has 4 rings (SSSR count). The van der Waals surface area contributed by atoms with Gasteiger partial charge >= 0.3 is 0 Å². The molecule has 9 heteroatoms. The molecule has 1 aromatic heterocycles. The van der Waals surface area contributed by atoms with Crippen molar-refractivity contribution in [1.29, 1.82) is 0 Å². The molecule has 0 unspecified atom stereocenters. The van der Waals surface area contributed by atoms with E-state index in [0.717, 1.165) is 28.9 Å². The molecular formula is C27H35N7O2. The Morgan fingerprint density at radius 2 is 1.78 bits per heavy atom. The minimum Gasteiger partial charge on any atom is -0.339 e. The average Bonchev–Trinajstić information content (AvgIpc) is 3.44. The van der Waals surface area contributed by atoms with Crippen molar-refractivity contribution in [3.8, 4) is 5.69 Å². The lowest BCUT2D eigenvalue weighted by Gasteiger charge is -2.35. The third-order valence-corrected chi connectivity index (χ3v) is 6.87. The topological polar surface area (TPSA) is 86.6 Å². The fourth-order valence-electron chi connectivity index (χ4n) is 4.45. The van der Waals surface area contributed by atoms with Gasteiger partial charge in [0.05, 0.1) is 18.8 Å². The minimum absolute atomic E-state index is 0.0147. The second-order valence-electron chi connectivity index (χ2n) is 9.24. The van der Waals surface area contributed by atoms with Crippen molar-refractivity contribution < 1.29 is 9.59 Å². The predicted octanol–water partition coefficient (Wildman–Crippen LogP) is 2.61. The number of nitrogens with one attached hydrogen (secondary N) is 1. The summed E-state index contributed by atoms with van der Waals surface area (Å²) in [6.45, 7) is 7.51. The fraction of sp³-hybridized carbons (Fsp3) is 0.407. The Hall–Kier alpha value is -3.56. The van der Waals surface area contributed by atoms with Crippen LogP contribution in [0.15, 0.2) is 61.2 Å². The summed E-state index contributed by atoms with van der Waals surface area (Å²) in [5, 5.41) is 7.19. The molecule has 0 aliphatic carbocycles. The Morgan fingerprint density at radius 3 is 2.44 bits per heavy atom. The lowest BCUT2D eigenvalue weighted by molar-refractivity contribution is -0.134. The van der Waals surface area contributed by atoms with Gasteiger partial charge in [-0.05, 0) is 49.7 Å². The maximum Gasteiger partial charge on any atom is 0.238 e. The summed E-state index contributed by atoms with van der Waals surface area (Å²) in [4.78, 5) is 35.6. The molecule has 1 aliphatic heterocycles. The number of para-hydroxylation sites is 1. The lowest BCUT2D eigenvalue weighted by atomic mass is 10.1. The van der Waals surface area contributed by atoms with E-state index in [-0.39, 0.29) is 17.9 Å². The number of hydrogen-bond acceptors (Lipinski definition) is 6. The number of anilines is 1. The molecule has 1 N–H and O–H groups in total. The van der Waals surface area contributed by atoms with Crippen molar-refractivity contribution in [2.24, 2.45) is 0 Å². The first-order chi connectivity index (χ1) is 17.4. The summed E-state index contributed by atoms with van der Waals surface area (Å²) in [6, 6.07) is 16.1. The van der Waals surface area contributed by atoms with E-state index in [2.05, 4.69) is 51.2 Å². The first-order valence-electron chi connectivity index (χ1n) is 12.5. The third kappa shape index (κ3) is 6.35. The Morgan fingerprint density at radius 1 is 1.06 bits per heavy atom. The zero-order valence-corrected chi connectivity index (χ0v) is 21.3. The van der Waals surface area contributed by atoms with Crippen LogP contribution < -0.4 is 5.32 Å². The van der Waals surface area contributed by atoms with Crippen molar-refractivity contribution in [2.75, 3.05) is 51.6 Å². The molecule has 0 saturated carbocycles. The summed E-state index contributed by atoms with van der Waals surface area (Å²) < 4.78 is 1.72. The van der Waals surface area contributed by atoms with Crippen LogP contribution >= 0.6 is 0 Å². The van der Waals surface area contributed by atoms with E-state index in [0.29, 0.717) is 39.3 Å². The van der Waals surface area contributed by atoms with Gasteiger partial charge in [0, 0.05) is 37.9 Å². The van der Waals surface area contributed by atoms with Crippen LogP contribution in [0.4, 0.5) is 5.69 Å². The van der Waals surface area contributed by atoms with Gasteiger partial charge in [-0.25, -0.2) is 9.67 Å². The summed E-state index contributed by atoms with van der Waals surface area (Å²) in [5.41, 5.74) is 4.09. The lowest BCUT2D eigenvalue weighted by Crippen LogP contribution is -2.52. The molecule has 1 atom stereocenters. The Labute approximate surface area is 212 Å². The number of benzene rings is 2. The number of amides is 2. The first kappa shape index (κ1) is 25.5. The number of piperazine rings is 1. The molecule has 2 amide bonds. The maximum atomic E-state index is 13.0. The Bertz CT molecular complexity index is 1140. The van der Waals surface area contributed by atoms with E-state index in [1.165, 1.54) is 6.33 Å². The van der Waals surface area contributed by atoms with Crippen LogP contribution in [-0.4, -0.2) is 87.6 Å².